The van der Waals surface area contributed by atoms with Gasteiger partial charge in [0.15, 0.2) is 0 Å². The Balaban J connectivity index is 2.16. The SMILES string of the molecule is Cc1ccnc(NC2CCS(=O)CC2)c1C(N)=S. The third-order valence-electron chi connectivity index (χ3n) is 3.13. The number of aromatic nitrogens is 1. The molecule has 0 radical (unpaired) electrons. The third kappa shape index (κ3) is 3.05. The molecule has 6 heteroatoms. The molecule has 2 heterocycles. The molecule has 1 aromatic heterocycles. The standard InChI is InChI=1S/C12H17N3OS2/c1-8-2-5-14-12(10(8)11(13)17)15-9-3-6-18(16)7-4-9/h2,5,9H,3-4,6-7H2,1H3,(H2,13,17)(H,14,15). The molecule has 4 nitrogen and oxygen atoms in total. The summed E-state index contributed by atoms with van der Waals surface area (Å²) in [5.74, 6) is 2.26. The second-order valence-electron chi connectivity index (χ2n) is 4.48. The second kappa shape index (κ2) is 5.75. The number of rotatable bonds is 3. The number of hydrogen-bond acceptors (Lipinski definition) is 4. The minimum atomic E-state index is -0.648. The van der Waals surface area contributed by atoms with Gasteiger partial charge in [0.05, 0.1) is 5.56 Å². The Bertz CT molecular complexity index is 480. The summed E-state index contributed by atoms with van der Waals surface area (Å²) in [6, 6.07) is 2.21. The lowest BCUT2D eigenvalue weighted by atomic mass is 10.1. The summed E-state index contributed by atoms with van der Waals surface area (Å²) in [7, 11) is -0.648. The Morgan fingerprint density at radius 2 is 2.22 bits per heavy atom. The van der Waals surface area contributed by atoms with Crippen LogP contribution in [0.2, 0.25) is 0 Å². The van der Waals surface area contributed by atoms with Gasteiger partial charge in [0.2, 0.25) is 0 Å². The average Bonchev–Trinajstić information content (AvgIpc) is 2.32. The molecule has 1 aliphatic heterocycles. The van der Waals surface area contributed by atoms with Crippen molar-refractivity contribution in [2.45, 2.75) is 25.8 Å². The van der Waals surface area contributed by atoms with Crippen molar-refractivity contribution < 1.29 is 4.21 Å². The fraction of sp³-hybridized carbons (Fsp3) is 0.500. The van der Waals surface area contributed by atoms with E-state index in [1.807, 2.05) is 13.0 Å². The first kappa shape index (κ1) is 13.4. The van der Waals surface area contributed by atoms with E-state index in [0.29, 0.717) is 11.0 Å². The van der Waals surface area contributed by atoms with Crippen LogP contribution in [0, 0.1) is 6.92 Å². The van der Waals surface area contributed by atoms with E-state index in [1.165, 1.54) is 0 Å². The topological polar surface area (TPSA) is 68.0 Å². The lowest BCUT2D eigenvalue weighted by Gasteiger charge is -2.24. The Morgan fingerprint density at radius 1 is 1.56 bits per heavy atom. The van der Waals surface area contributed by atoms with E-state index in [4.69, 9.17) is 18.0 Å². The van der Waals surface area contributed by atoms with Crippen LogP contribution >= 0.6 is 12.2 Å². The predicted octanol–water partition coefficient (Wildman–Crippen LogP) is 1.35. The van der Waals surface area contributed by atoms with Gasteiger partial charge in [-0.25, -0.2) is 4.98 Å². The first-order valence-corrected chi connectivity index (χ1v) is 7.84. The zero-order chi connectivity index (χ0) is 13.1. The molecule has 0 amide bonds. The number of pyridine rings is 1. The number of anilines is 1. The van der Waals surface area contributed by atoms with Crippen LogP contribution in [0.5, 0.6) is 0 Å². The number of hydrogen-bond donors (Lipinski definition) is 2. The van der Waals surface area contributed by atoms with Gasteiger partial charge >= 0.3 is 0 Å². The van der Waals surface area contributed by atoms with E-state index in [-0.39, 0.29) is 0 Å². The largest absolute Gasteiger partial charge is 0.389 e. The van der Waals surface area contributed by atoms with E-state index >= 15 is 0 Å². The van der Waals surface area contributed by atoms with Crippen LogP contribution in [-0.4, -0.2) is 31.7 Å². The lowest BCUT2D eigenvalue weighted by molar-refractivity contribution is 0.622. The van der Waals surface area contributed by atoms with Crippen molar-refractivity contribution in [2.24, 2.45) is 5.73 Å². The highest BCUT2D eigenvalue weighted by Gasteiger charge is 2.20. The molecule has 1 saturated heterocycles. The maximum Gasteiger partial charge on any atom is 0.136 e. The molecule has 2 rings (SSSR count). The van der Waals surface area contributed by atoms with E-state index in [2.05, 4.69) is 10.3 Å². The van der Waals surface area contributed by atoms with Crippen molar-refractivity contribution in [1.82, 2.24) is 4.98 Å². The summed E-state index contributed by atoms with van der Waals surface area (Å²) in [5.41, 5.74) is 7.59. The fourth-order valence-electron chi connectivity index (χ4n) is 2.11. The summed E-state index contributed by atoms with van der Waals surface area (Å²) in [5, 5.41) is 3.38. The van der Waals surface area contributed by atoms with Crippen molar-refractivity contribution in [2.75, 3.05) is 16.8 Å². The summed E-state index contributed by atoms with van der Waals surface area (Å²) in [4.78, 5) is 4.68. The molecule has 98 valence electrons. The Kier molecular flexibility index (Phi) is 4.29. The zero-order valence-corrected chi connectivity index (χ0v) is 11.9. The molecule has 0 aliphatic carbocycles. The summed E-state index contributed by atoms with van der Waals surface area (Å²) in [6.07, 6.45) is 3.55. The van der Waals surface area contributed by atoms with Crippen molar-refractivity contribution in [3.63, 3.8) is 0 Å². The van der Waals surface area contributed by atoms with Crippen LogP contribution in [0.15, 0.2) is 12.3 Å². The number of nitrogens with zero attached hydrogens (tertiary/aromatic N) is 1. The van der Waals surface area contributed by atoms with Crippen molar-refractivity contribution in [3.05, 3.63) is 23.4 Å². The van der Waals surface area contributed by atoms with Crippen LogP contribution in [0.3, 0.4) is 0 Å². The highest BCUT2D eigenvalue weighted by molar-refractivity contribution is 7.85. The first-order chi connectivity index (χ1) is 8.58. The molecule has 1 aromatic rings. The van der Waals surface area contributed by atoms with Gasteiger partial charge in [0, 0.05) is 34.5 Å². The average molecular weight is 283 g/mol. The van der Waals surface area contributed by atoms with Gasteiger partial charge in [-0.3, -0.25) is 4.21 Å². The maximum absolute atomic E-state index is 11.3. The molecule has 0 unspecified atom stereocenters. The second-order valence-corrected chi connectivity index (χ2v) is 6.62. The van der Waals surface area contributed by atoms with Crippen LogP contribution in [0.1, 0.15) is 24.0 Å². The number of nitrogens with two attached hydrogens (primary N) is 1. The molecular weight excluding hydrogens is 266 g/mol. The van der Waals surface area contributed by atoms with Gasteiger partial charge in [-0.2, -0.15) is 0 Å². The Labute approximate surface area is 115 Å². The molecule has 18 heavy (non-hydrogen) atoms. The quantitative estimate of drug-likeness (QED) is 0.820. The van der Waals surface area contributed by atoms with Gasteiger partial charge in [0.1, 0.15) is 10.8 Å². The van der Waals surface area contributed by atoms with E-state index in [0.717, 1.165) is 41.3 Å². The van der Waals surface area contributed by atoms with Crippen LogP contribution in [-0.2, 0) is 10.8 Å². The molecule has 0 bridgehead atoms. The Morgan fingerprint density at radius 3 is 2.83 bits per heavy atom. The highest BCUT2D eigenvalue weighted by atomic mass is 32.2. The molecule has 0 spiro atoms. The number of aryl methyl sites for hydroxylation is 1. The summed E-state index contributed by atoms with van der Waals surface area (Å²) in [6.45, 7) is 1.97. The van der Waals surface area contributed by atoms with Gasteiger partial charge in [0.25, 0.3) is 0 Å². The van der Waals surface area contributed by atoms with Gasteiger partial charge < -0.3 is 11.1 Å². The lowest BCUT2D eigenvalue weighted by Crippen LogP contribution is -2.31. The van der Waals surface area contributed by atoms with Gasteiger partial charge in [-0.05, 0) is 31.4 Å². The van der Waals surface area contributed by atoms with Crippen LogP contribution in [0.4, 0.5) is 5.82 Å². The fourth-order valence-corrected chi connectivity index (χ4v) is 3.67. The molecule has 3 N–H and O–H groups in total. The monoisotopic (exact) mass is 283 g/mol. The minimum absolute atomic E-state index is 0.310. The van der Waals surface area contributed by atoms with E-state index in [9.17, 15) is 4.21 Å². The van der Waals surface area contributed by atoms with Gasteiger partial charge in [-0.1, -0.05) is 12.2 Å². The van der Waals surface area contributed by atoms with Crippen molar-refractivity contribution in [1.29, 1.82) is 0 Å². The van der Waals surface area contributed by atoms with Crippen LogP contribution < -0.4 is 11.1 Å². The predicted molar refractivity (Wildman–Crippen MR) is 79.4 cm³/mol. The zero-order valence-electron chi connectivity index (χ0n) is 10.3. The molecule has 0 atom stereocenters. The van der Waals surface area contributed by atoms with E-state index < -0.39 is 10.8 Å². The summed E-state index contributed by atoms with van der Waals surface area (Å²) >= 11 is 5.07. The summed E-state index contributed by atoms with van der Waals surface area (Å²) < 4.78 is 11.3. The first-order valence-electron chi connectivity index (χ1n) is 5.95. The number of nitrogens with one attached hydrogen (secondary N) is 1. The maximum atomic E-state index is 11.3. The van der Waals surface area contributed by atoms with Crippen LogP contribution in [0.25, 0.3) is 0 Å². The van der Waals surface area contributed by atoms with Gasteiger partial charge in [-0.15, -0.1) is 0 Å². The molecule has 0 aromatic carbocycles. The molecule has 1 fully saturated rings. The third-order valence-corrected chi connectivity index (χ3v) is 4.72. The molecule has 0 saturated carbocycles. The highest BCUT2D eigenvalue weighted by Crippen LogP contribution is 2.20. The molecular formula is C12H17N3OS2. The van der Waals surface area contributed by atoms with Crippen molar-refractivity contribution >= 4 is 33.8 Å². The molecule has 1 aliphatic rings. The smallest absolute Gasteiger partial charge is 0.136 e. The van der Waals surface area contributed by atoms with E-state index in [1.54, 1.807) is 6.20 Å². The number of thiocarbonyl (C=S) groups is 1. The van der Waals surface area contributed by atoms with Crippen molar-refractivity contribution in [3.8, 4) is 0 Å². The minimum Gasteiger partial charge on any atom is -0.389 e. The normalized spacial score (nSPS) is 23.6. The Hall–Kier alpha value is -1.01.